The van der Waals surface area contributed by atoms with E-state index in [1.807, 2.05) is 0 Å². The number of hydrogen-bond donors (Lipinski definition) is 1. The van der Waals surface area contributed by atoms with E-state index in [2.05, 4.69) is 19.2 Å². The molecule has 2 heteroatoms. The molecule has 3 unspecified atom stereocenters. The second kappa shape index (κ2) is 5.20. The average Bonchev–Trinajstić information content (AvgIpc) is 2.87. The van der Waals surface area contributed by atoms with E-state index in [1.165, 1.54) is 25.7 Å². The van der Waals surface area contributed by atoms with Crippen molar-refractivity contribution in [3.8, 4) is 0 Å². The van der Waals surface area contributed by atoms with Crippen LogP contribution in [0.2, 0.25) is 0 Å². The zero-order chi connectivity index (χ0) is 11.5. The van der Waals surface area contributed by atoms with Gasteiger partial charge >= 0.3 is 0 Å². The molecule has 2 bridgehead atoms. The summed E-state index contributed by atoms with van der Waals surface area (Å²) in [5.74, 6) is 2.83. The molecule has 2 aliphatic rings. The van der Waals surface area contributed by atoms with Gasteiger partial charge in [0.15, 0.2) is 0 Å². The van der Waals surface area contributed by atoms with Gasteiger partial charge in [0.25, 0.3) is 0 Å². The molecule has 0 heterocycles. The van der Waals surface area contributed by atoms with Gasteiger partial charge in [-0.3, -0.25) is 4.79 Å². The smallest absolute Gasteiger partial charge is 0.220 e. The third kappa shape index (κ3) is 2.58. The van der Waals surface area contributed by atoms with E-state index >= 15 is 0 Å². The molecule has 0 aromatic carbocycles. The summed E-state index contributed by atoms with van der Waals surface area (Å²) in [5, 5.41) is 3.16. The van der Waals surface area contributed by atoms with Gasteiger partial charge in [0.1, 0.15) is 0 Å². The number of hydrogen-bond acceptors (Lipinski definition) is 1. The molecule has 2 fully saturated rings. The molecule has 0 aromatic rings. The molecule has 92 valence electrons. The Labute approximate surface area is 99.2 Å². The highest BCUT2D eigenvalue weighted by Crippen LogP contribution is 2.49. The molecule has 2 saturated carbocycles. The van der Waals surface area contributed by atoms with Crippen molar-refractivity contribution in [2.24, 2.45) is 17.8 Å². The van der Waals surface area contributed by atoms with Crippen molar-refractivity contribution in [1.82, 2.24) is 5.32 Å². The van der Waals surface area contributed by atoms with Crippen LogP contribution in [-0.4, -0.2) is 11.9 Å². The Balaban J connectivity index is 1.75. The lowest BCUT2D eigenvalue weighted by Gasteiger charge is -2.22. The fraction of sp³-hybridized carbons (Fsp3) is 0.929. The summed E-state index contributed by atoms with van der Waals surface area (Å²) >= 11 is 0. The van der Waals surface area contributed by atoms with Crippen LogP contribution in [0.1, 0.15) is 58.8 Å². The predicted molar refractivity (Wildman–Crippen MR) is 66.1 cm³/mol. The lowest BCUT2D eigenvalue weighted by Crippen LogP contribution is -2.35. The molecule has 1 N–H and O–H groups in total. The third-order valence-electron chi connectivity index (χ3n) is 4.68. The second-order valence-corrected chi connectivity index (χ2v) is 5.72. The predicted octanol–water partition coefficient (Wildman–Crippen LogP) is 3.12. The normalized spacial score (nSPS) is 32.3. The largest absolute Gasteiger partial charge is 0.353 e. The first kappa shape index (κ1) is 11.9. The first-order chi connectivity index (χ1) is 7.72. The van der Waals surface area contributed by atoms with Gasteiger partial charge in [-0.05, 0) is 49.9 Å². The monoisotopic (exact) mass is 223 g/mol. The molecule has 0 radical (unpaired) electrons. The Morgan fingerprint density at radius 1 is 1.25 bits per heavy atom. The summed E-state index contributed by atoms with van der Waals surface area (Å²) in [6.45, 7) is 4.29. The van der Waals surface area contributed by atoms with E-state index in [0.29, 0.717) is 17.9 Å². The van der Waals surface area contributed by atoms with Gasteiger partial charge < -0.3 is 5.32 Å². The van der Waals surface area contributed by atoms with Crippen molar-refractivity contribution < 1.29 is 4.79 Å². The molecule has 2 aliphatic carbocycles. The summed E-state index contributed by atoms with van der Waals surface area (Å²) in [7, 11) is 0. The SMILES string of the molecule is CCC(CC)NC(=O)CC1CC2CCC1C2. The topological polar surface area (TPSA) is 29.1 Å². The number of carbonyl (C=O) groups is 1. The molecular weight excluding hydrogens is 198 g/mol. The molecule has 0 spiro atoms. The lowest BCUT2D eigenvalue weighted by atomic mass is 9.86. The molecule has 16 heavy (non-hydrogen) atoms. The van der Waals surface area contributed by atoms with Crippen LogP contribution < -0.4 is 5.32 Å². The Bertz CT molecular complexity index is 247. The van der Waals surface area contributed by atoms with Gasteiger partial charge in [-0.15, -0.1) is 0 Å². The number of rotatable bonds is 5. The minimum Gasteiger partial charge on any atom is -0.353 e. The molecule has 0 aromatic heterocycles. The lowest BCUT2D eigenvalue weighted by molar-refractivity contribution is -0.123. The maximum atomic E-state index is 11.9. The van der Waals surface area contributed by atoms with E-state index in [9.17, 15) is 4.79 Å². The van der Waals surface area contributed by atoms with Crippen LogP contribution in [0.3, 0.4) is 0 Å². The first-order valence-electron chi connectivity index (χ1n) is 7.02. The van der Waals surface area contributed by atoms with E-state index in [0.717, 1.165) is 31.1 Å². The first-order valence-corrected chi connectivity index (χ1v) is 7.02. The summed E-state index contributed by atoms with van der Waals surface area (Å²) in [5.41, 5.74) is 0. The zero-order valence-electron chi connectivity index (χ0n) is 10.7. The van der Waals surface area contributed by atoms with Crippen molar-refractivity contribution in [2.45, 2.75) is 64.8 Å². The third-order valence-corrected chi connectivity index (χ3v) is 4.68. The summed E-state index contributed by atoms with van der Waals surface area (Å²) in [6.07, 6.45) is 8.43. The molecule has 2 rings (SSSR count). The van der Waals surface area contributed by atoms with E-state index < -0.39 is 0 Å². The summed E-state index contributed by atoms with van der Waals surface area (Å²) in [4.78, 5) is 11.9. The van der Waals surface area contributed by atoms with E-state index in [-0.39, 0.29) is 0 Å². The highest BCUT2D eigenvalue weighted by atomic mass is 16.1. The van der Waals surface area contributed by atoms with Crippen molar-refractivity contribution in [3.05, 3.63) is 0 Å². The number of amides is 1. The maximum Gasteiger partial charge on any atom is 0.220 e. The highest BCUT2D eigenvalue weighted by Gasteiger charge is 2.40. The minimum atomic E-state index is 0.297. The summed E-state index contributed by atoms with van der Waals surface area (Å²) in [6, 6.07) is 0.395. The number of fused-ring (bicyclic) bond motifs is 2. The highest BCUT2D eigenvalue weighted by molar-refractivity contribution is 5.76. The minimum absolute atomic E-state index is 0.297. The van der Waals surface area contributed by atoms with Gasteiger partial charge in [-0.25, -0.2) is 0 Å². The molecule has 1 amide bonds. The fourth-order valence-corrected chi connectivity index (χ4v) is 3.64. The Morgan fingerprint density at radius 2 is 2.00 bits per heavy atom. The molecular formula is C14H25NO. The van der Waals surface area contributed by atoms with Gasteiger partial charge in [-0.1, -0.05) is 20.3 Å². The van der Waals surface area contributed by atoms with Gasteiger partial charge in [0.05, 0.1) is 0 Å². The average molecular weight is 223 g/mol. The van der Waals surface area contributed by atoms with Crippen molar-refractivity contribution in [1.29, 1.82) is 0 Å². The van der Waals surface area contributed by atoms with Crippen LogP contribution in [-0.2, 0) is 4.79 Å². The standard InChI is InChI=1S/C14H25NO/c1-3-13(4-2)15-14(16)9-12-8-10-5-6-11(12)7-10/h10-13H,3-9H2,1-2H3,(H,15,16). The molecule has 0 aliphatic heterocycles. The van der Waals surface area contributed by atoms with Crippen LogP contribution >= 0.6 is 0 Å². The molecule has 2 nitrogen and oxygen atoms in total. The van der Waals surface area contributed by atoms with Gasteiger partial charge in [-0.2, -0.15) is 0 Å². The van der Waals surface area contributed by atoms with Crippen LogP contribution in [0.25, 0.3) is 0 Å². The van der Waals surface area contributed by atoms with Crippen LogP contribution in [0.5, 0.6) is 0 Å². The Hall–Kier alpha value is -0.530. The van der Waals surface area contributed by atoms with E-state index in [1.54, 1.807) is 0 Å². The molecule has 0 saturated heterocycles. The molecule has 3 atom stereocenters. The quantitative estimate of drug-likeness (QED) is 0.762. The second-order valence-electron chi connectivity index (χ2n) is 5.72. The fourth-order valence-electron chi connectivity index (χ4n) is 3.64. The van der Waals surface area contributed by atoms with E-state index in [4.69, 9.17) is 0 Å². The Morgan fingerprint density at radius 3 is 2.50 bits per heavy atom. The van der Waals surface area contributed by atoms with Crippen molar-refractivity contribution in [3.63, 3.8) is 0 Å². The van der Waals surface area contributed by atoms with Crippen LogP contribution in [0, 0.1) is 17.8 Å². The van der Waals surface area contributed by atoms with Gasteiger partial charge in [0.2, 0.25) is 5.91 Å². The van der Waals surface area contributed by atoms with Crippen LogP contribution in [0.15, 0.2) is 0 Å². The number of nitrogens with one attached hydrogen (secondary N) is 1. The van der Waals surface area contributed by atoms with Crippen molar-refractivity contribution in [2.75, 3.05) is 0 Å². The Kier molecular flexibility index (Phi) is 3.88. The van der Waals surface area contributed by atoms with Crippen molar-refractivity contribution >= 4 is 5.91 Å². The maximum absolute atomic E-state index is 11.9. The van der Waals surface area contributed by atoms with Crippen LogP contribution in [0.4, 0.5) is 0 Å². The summed E-state index contributed by atoms with van der Waals surface area (Å²) < 4.78 is 0. The number of carbonyl (C=O) groups excluding carboxylic acids is 1. The van der Waals surface area contributed by atoms with Gasteiger partial charge in [0, 0.05) is 12.5 Å². The zero-order valence-corrected chi connectivity index (χ0v) is 10.7.